The maximum absolute atomic E-state index is 13.3. The van der Waals surface area contributed by atoms with Crippen molar-refractivity contribution in [3.05, 3.63) is 54.2 Å². The van der Waals surface area contributed by atoms with Crippen LogP contribution in [0.5, 0.6) is 0 Å². The molecule has 0 spiro atoms. The lowest BCUT2D eigenvalue weighted by Crippen LogP contribution is -2.10. The minimum absolute atomic E-state index is 0.0826. The molecule has 1 unspecified atom stereocenters. The Morgan fingerprint density at radius 2 is 2.19 bits per heavy atom. The number of nitrogens with one attached hydrogen (secondary N) is 2. The minimum atomic E-state index is -0.246. The Kier molecular flexibility index (Phi) is 3.43. The van der Waals surface area contributed by atoms with E-state index in [2.05, 4.69) is 20.6 Å². The second-order valence-corrected chi connectivity index (χ2v) is 4.80. The van der Waals surface area contributed by atoms with E-state index < -0.39 is 0 Å². The normalized spacial score (nSPS) is 12.3. The van der Waals surface area contributed by atoms with Gasteiger partial charge in [0.1, 0.15) is 11.6 Å². The molecule has 2 heterocycles. The summed E-state index contributed by atoms with van der Waals surface area (Å²) in [7, 11) is 1.81. The molecule has 1 atom stereocenters. The molecule has 0 saturated heterocycles. The molecule has 3 aromatic rings. The van der Waals surface area contributed by atoms with Crippen LogP contribution in [0.3, 0.4) is 0 Å². The average Bonchev–Trinajstić information content (AvgIpc) is 2.95. The maximum atomic E-state index is 13.3. The van der Waals surface area contributed by atoms with Crippen LogP contribution in [0.2, 0.25) is 0 Å². The highest BCUT2D eigenvalue weighted by Crippen LogP contribution is 2.22. The number of nitrogens with zero attached hydrogens (tertiary/aromatic N) is 3. The third-order valence-electron chi connectivity index (χ3n) is 3.33. The van der Waals surface area contributed by atoms with E-state index in [9.17, 15) is 4.39 Å². The SMILES string of the molecule is CNc1cn2ccnc2c(NC(C)c2cccc(F)c2)n1. The molecule has 6 heteroatoms. The lowest BCUT2D eigenvalue weighted by atomic mass is 10.1. The Balaban J connectivity index is 1.95. The summed E-state index contributed by atoms with van der Waals surface area (Å²) >= 11 is 0. The molecule has 2 aromatic heterocycles. The van der Waals surface area contributed by atoms with E-state index in [0.29, 0.717) is 5.82 Å². The fourth-order valence-corrected chi connectivity index (χ4v) is 2.21. The van der Waals surface area contributed by atoms with Crippen LogP contribution in [0.25, 0.3) is 5.65 Å². The standard InChI is InChI=1S/C15H16FN5/c1-10(11-4-3-5-12(16)8-11)19-14-15-18-6-7-21(15)9-13(17-2)20-14/h3-10,17H,1-2H3,(H,19,20). The number of rotatable bonds is 4. The quantitative estimate of drug-likeness (QED) is 0.773. The summed E-state index contributed by atoms with van der Waals surface area (Å²) in [6, 6.07) is 6.45. The van der Waals surface area contributed by atoms with Gasteiger partial charge in [-0.2, -0.15) is 0 Å². The van der Waals surface area contributed by atoms with Gasteiger partial charge in [0.2, 0.25) is 0 Å². The monoisotopic (exact) mass is 285 g/mol. The lowest BCUT2D eigenvalue weighted by molar-refractivity contribution is 0.623. The topological polar surface area (TPSA) is 54.2 Å². The zero-order valence-electron chi connectivity index (χ0n) is 11.8. The fraction of sp³-hybridized carbons (Fsp3) is 0.200. The van der Waals surface area contributed by atoms with Gasteiger partial charge in [0.25, 0.3) is 0 Å². The van der Waals surface area contributed by atoms with Gasteiger partial charge in [-0.25, -0.2) is 14.4 Å². The first kappa shape index (κ1) is 13.4. The van der Waals surface area contributed by atoms with Crippen molar-refractivity contribution in [3.63, 3.8) is 0 Å². The van der Waals surface area contributed by atoms with Crippen molar-refractivity contribution < 1.29 is 4.39 Å². The third-order valence-corrected chi connectivity index (χ3v) is 3.33. The number of hydrogen-bond acceptors (Lipinski definition) is 4. The Morgan fingerprint density at radius 1 is 1.33 bits per heavy atom. The smallest absolute Gasteiger partial charge is 0.180 e. The van der Waals surface area contributed by atoms with Crippen LogP contribution >= 0.6 is 0 Å². The first-order valence-corrected chi connectivity index (χ1v) is 6.71. The fourth-order valence-electron chi connectivity index (χ4n) is 2.21. The Morgan fingerprint density at radius 3 is 2.95 bits per heavy atom. The summed E-state index contributed by atoms with van der Waals surface area (Å²) < 4.78 is 15.2. The summed E-state index contributed by atoms with van der Waals surface area (Å²) in [5, 5.41) is 6.30. The average molecular weight is 285 g/mol. The van der Waals surface area contributed by atoms with Crippen molar-refractivity contribution in [3.8, 4) is 0 Å². The Hall–Kier alpha value is -2.63. The van der Waals surface area contributed by atoms with Crippen LogP contribution in [-0.4, -0.2) is 21.4 Å². The summed E-state index contributed by atoms with van der Waals surface area (Å²) in [4.78, 5) is 8.77. The highest BCUT2D eigenvalue weighted by Gasteiger charge is 2.12. The van der Waals surface area contributed by atoms with Gasteiger partial charge in [-0.1, -0.05) is 12.1 Å². The van der Waals surface area contributed by atoms with Gasteiger partial charge in [0, 0.05) is 19.4 Å². The first-order chi connectivity index (χ1) is 10.2. The van der Waals surface area contributed by atoms with E-state index in [1.54, 1.807) is 12.3 Å². The van der Waals surface area contributed by atoms with E-state index in [4.69, 9.17) is 0 Å². The van der Waals surface area contributed by atoms with E-state index in [-0.39, 0.29) is 11.9 Å². The van der Waals surface area contributed by atoms with E-state index >= 15 is 0 Å². The number of anilines is 2. The highest BCUT2D eigenvalue weighted by atomic mass is 19.1. The molecule has 0 bridgehead atoms. The molecular weight excluding hydrogens is 269 g/mol. The minimum Gasteiger partial charge on any atom is -0.372 e. The molecule has 108 valence electrons. The van der Waals surface area contributed by atoms with E-state index in [1.807, 2.05) is 36.8 Å². The number of halogens is 1. The summed E-state index contributed by atoms with van der Waals surface area (Å²) in [6.07, 6.45) is 5.44. The van der Waals surface area contributed by atoms with Gasteiger partial charge in [0.05, 0.1) is 12.2 Å². The molecule has 0 aliphatic heterocycles. The second-order valence-electron chi connectivity index (χ2n) is 4.80. The molecule has 0 saturated carbocycles. The van der Waals surface area contributed by atoms with Crippen LogP contribution in [-0.2, 0) is 0 Å². The molecule has 3 rings (SSSR count). The first-order valence-electron chi connectivity index (χ1n) is 6.71. The van der Waals surface area contributed by atoms with Crippen LogP contribution in [0, 0.1) is 5.82 Å². The molecule has 0 aliphatic rings. The molecule has 1 aromatic carbocycles. The van der Waals surface area contributed by atoms with E-state index in [0.717, 1.165) is 17.0 Å². The van der Waals surface area contributed by atoms with Gasteiger partial charge in [-0.15, -0.1) is 0 Å². The number of aromatic nitrogens is 3. The second kappa shape index (κ2) is 5.40. The van der Waals surface area contributed by atoms with Gasteiger partial charge in [-0.05, 0) is 24.6 Å². The maximum Gasteiger partial charge on any atom is 0.180 e. The highest BCUT2D eigenvalue weighted by molar-refractivity contribution is 5.65. The predicted molar refractivity (Wildman–Crippen MR) is 81.0 cm³/mol. The molecule has 0 radical (unpaired) electrons. The number of hydrogen-bond donors (Lipinski definition) is 2. The zero-order valence-corrected chi connectivity index (χ0v) is 11.8. The molecule has 21 heavy (non-hydrogen) atoms. The van der Waals surface area contributed by atoms with Crippen molar-refractivity contribution in [2.24, 2.45) is 0 Å². The largest absolute Gasteiger partial charge is 0.372 e. The number of benzene rings is 1. The summed E-state index contributed by atoms with van der Waals surface area (Å²) in [5.41, 5.74) is 1.59. The van der Waals surface area contributed by atoms with Gasteiger partial charge < -0.3 is 15.0 Å². The van der Waals surface area contributed by atoms with E-state index in [1.165, 1.54) is 12.1 Å². The van der Waals surface area contributed by atoms with Crippen LogP contribution in [0.15, 0.2) is 42.9 Å². The zero-order chi connectivity index (χ0) is 14.8. The Bertz CT molecular complexity index is 768. The molecule has 0 aliphatic carbocycles. The number of fused-ring (bicyclic) bond motifs is 1. The predicted octanol–water partition coefficient (Wildman–Crippen LogP) is 3.08. The van der Waals surface area contributed by atoms with Gasteiger partial charge in [0.15, 0.2) is 11.5 Å². The van der Waals surface area contributed by atoms with Crippen molar-refractivity contribution in [1.82, 2.24) is 14.4 Å². The molecule has 0 amide bonds. The molecule has 0 fully saturated rings. The van der Waals surface area contributed by atoms with Gasteiger partial charge in [-0.3, -0.25) is 0 Å². The third kappa shape index (κ3) is 2.65. The van der Waals surface area contributed by atoms with Crippen molar-refractivity contribution >= 4 is 17.3 Å². The number of imidazole rings is 1. The Labute approximate surface area is 121 Å². The van der Waals surface area contributed by atoms with Crippen LogP contribution in [0.4, 0.5) is 16.0 Å². The van der Waals surface area contributed by atoms with Crippen molar-refractivity contribution in [2.45, 2.75) is 13.0 Å². The lowest BCUT2D eigenvalue weighted by Gasteiger charge is -2.16. The van der Waals surface area contributed by atoms with Crippen molar-refractivity contribution in [2.75, 3.05) is 17.7 Å². The molecule has 2 N–H and O–H groups in total. The van der Waals surface area contributed by atoms with Crippen LogP contribution in [0.1, 0.15) is 18.5 Å². The summed E-state index contributed by atoms with van der Waals surface area (Å²) in [6.45, 7) is 1.96. The van der Waals surface area contributed by atoms with Crippen LogP contribution < -0.4 is 10.6 Å². The summed E-state index contributed by atoms with van der Waals surface area (Å²) in [5.74, 6) is 1.14. The molecular formula is C15H16FN5. The molecule has 5 nitrogen and oxygen atoms in total. The van der Waals surface area contributed by atoms with Crippen molar-refractivity contribution in [1.29, 1.82) is 0 Å². The van der Waals surface area contributed by atoms with Gasteiger partial charge >= 0.3 is 0 Å².